The Kier molecular flexibility index (Phi) is 4.25. The van der Waals surface area contributed by atoms with Crippen LogP contribution in [0.15, 0.2) is 90.9 Å². The van der Waals surface area contributed by atoms with Gasteiger partial charge in [0.15, 0.2) is 5.58 Å². The van der Waals surface area contributed by atoms with E-state index in [2.05, 4.69) is 21.2 Å². The summed E-state index contributed by atoms with van der Waals surface area (Å²) in [5.41, 5.74) is 4.15. The summed E-state index contributed by atoms with van der Waals surface area (Å²) in [6.07, 6.45) is 0. The maximum absolute atomic E-state index is 12.9. The standard InChI is InChI=1S/C24H16BrNO3/c1-14-6-2-4-8-18(14)26-23-20(15-10-12-16(25)13-11-15)21-22(29-23)17-7-3-5-9-19(17)28-24(21)27/h2-13,26H,1H3. The second kappa shape index (κ2) is 6.94. The number of hydrogen-bond donors (Lipinski definition) is 1. The third-order valence-corrected chi connectivity index (χ3v) is 5.50. The Bertz CT molecular complexity index is 1410. The van der Waals surface area contributed by atoms with Crippen molar-refractivity contribution in [3.8, 4) is 11.1 Å². The van der Waals surface area contributed by atoms with Crippen LogP contribution < -0.4 is 10.9 Å². The first-order valence-electron chi connectivity index (χ1n) is 9.19. The van der Waals surface area contributed by atoms with E-state index in [1.54, 1.807) is 6.07 Å². The van der Waals surface area contributed by atoms with Crippen molar-refractivity contribution >= 4 is 49.4 Å². The van der Waals surface area contributed by atoms with Crippen LogP contribution in [0, 0.1) is 6.92 Å². The van der Waals surface area contributed by atoms with Crippen LogP contribution in [0.1, 0.15) is 5.56 Å². The SMILES string of the molecule is Cc1ccccc1Nc1oc2c(c1-c1ccc(Br)cc1)c(=O)oc1ccccc12. The van der Waals surface area contributed by atoms with Crippen molar-refractivity contribution < 1.29 is 8.83 Å². The molecule has 0 aliphatic rings. The lowest BCUT2D eigenvalue weighted by atomic mass is 10.0. The Morgan fingerprint density at radius 2 is 1.59 bits per heavy atom. The van der Waals surface area contributed by atoms with Crippen LogP contribution >= 0.6 is 15.9 Å². The van der Waals surface area contributed by atoms with Crippen molar-refractivity contribution in [3.05, 3.63) is 93.3 Å². The molecule has 2 heterocycles. The number of fused-ring (bicyclic) bond motifs is 3. The first-order chi connectivity index (χ1) is 14.1. The molecule has 3 aromatic carbocycles. The minimum atomic E-state index is -0.418. The Balaban J connectivity index is 1.85. The van der Waals surface area contributed by atoms with E-state index in [1.807, 2.05) is 73.7 Å². The van der Waals surface area contributed by atoms with Gasteiger partial charge in [0, 0.05) is 10.2 Å². The van der Waals surface area contributed by atoms with Gasteiger partial charge in [0.1, 0.15) is 11.0 Å². The van der Waals surface area contributed by atoms with E-state index in [9.17, 15) is 4.79 Å². The van der Waals surface area contributed by atoms with Crippen LogP contribution in [0.4, 0.5) is 11.6 Å². The minimum absolute atomic E-state index is 0.418. The summed E-state index contributed by atoms with van der Waals surface area (Å²) in [6.45, 7) is 2.02. The molecule has 29 heavy (non-hydrogen) atoms. The molecular formula is C24H16BrNO3. The summed E-state index contributed by atoms with van der Waals surface area (Å²) < 4.78 is 12.8. The van der Waals surface area contributed by atoms with Crippen molar-refractivity contribution in [1.29, 1.82) is 0 Å². The number of para-hydroxylation sites is 2. The first-order valence-corrected chi connectivity index (χ1v) is 9.98. The van der Waals surface area contributed by atoms with Crippen LogP contribution in [-0.4, -0.2) is 0 Å². The molecule has 0 aliphatic heterocycles. The van der Waals surface area contributed by atoms with Gasteiger partial charge in [-0.2, -0.15) is 0 Å². The van der Waals surface area contributed by atoms with E-state index in [1.165, 1.54) is 0 Å². The zero-order valence-corrected chi connectivity index (χ0v) is 17.1. The van der Waals surface area contributed by atoms with Gasteiger partial charge in [0.05, 0.1) is 10.9 Å². The summed E-state index contributed by atoms with van der Waals surface area (Å²) in [5, 5.41) is 4.57. The van der Waals surface area contributed by atoms with Gasteiger partial charge in [-0.1, -0.05) is 58.4 Å². The normalized spacial score (nSPS) is 11.2. The predicted molar refractivity (Wildman–Crippen MR) is 120 cm³/mol. The van der Waals surface area contributed by atoms with Crippen molar-refractivity contribution in [2.24, 2.45) is 0 Å². The second-order valence-electron chi connectivity index (χ2n) is 6.84. The summed E-state index contributed by atoms with van der Waals surface area (Å²) in [4.78, 5) is 12.9. The molecule has 0 spiro atoms. The number of furan rings is 1. The van der Waals surface area contributed by atoms with Gasteiger partial charge < -0.3 is 14.2 Å². The Labute approximate surface area is 174 Å². The zero-order chi connectivity index (χ0) is 20.0. The summed E-state index contributed by atoms with van der Waals surface area (Å²) in [6, 6.07) is 23.1. The fraction of sp³-hybridized carbons (Fsp3) is 0.0417. The highest BCUT2D eigenvalue weighted by Crippen LogP contribution is 2.41. The number of benzene rings is 3. The maximum atomic E-state index is 12.9. The van der Waals surface area contributed by atoms with E-state index in [4.69, 9.17) is 8.83 Å². The van der Waals surface area contributed by atoms with E-state index in [0.717, 1.165) is 26.7 Å². The van der Waals surface area contributed by atoms with E-state index in [-0.39, 0.29) is 0 Å². The molecule has 0 fully saturated rings. The highest BCUT2D eigenvalue weighted by Gasteiger charge is 2.22. The molecule has 5 rings (SSSR count). The predicted octanol–water partition coefficient (Wildman–Crippen LogP) is 7.02. The highest BCUT2D eigenvalue weighted by atomic mass is 79.9. The van der Waals surface area contributed by atoms with Gasteiger partial charge in [0.2, 0.25) is 5.88 Å². The molecule has 4 nitrogen and oxygen atoms in total. The molecule has 0 aliphatic carbocycles. The lowest BCUT2D eigenvalue weighted by Crippen LogP contribution is -2.00. The fourth-order valence-electron chi connectivity index (χ4n) is 3.53. The van der Waals surface area contributed by atoms with Crippen molar-refractivity contribution in [3.63, 3.8) is 0 Å². The molecule has 0 atom stereocenters. The second-order valence-corrected chi connectivity index (χ2v) is 7.76. The molecule has 0 amide bonds. The van der Waals surface area contributed by atoms with Crippen LogP contribution in [0.2, 0.25) is 0 Å². The fourth-order valence-corrected chi connectivity index (χ4v) is 3.79. The number of rotatable bonds is 3. The zero-order valence-electron chi connectivity index (χ0n) is 15.5. The molecule has 0 unspecified atom stereocenters. The number of aryl methyl sites for hydroxylation is 1. The van der Waals surface area contributed by atoms with Crippen molar-refractivity contribution in [1.82, 2.24) is 0 Å². The molecule has 0 saturated heterocycles. The largest absolute Gasteiger partial charge is 0.439 e. The third kappa shape index (κ3) is 3.04. The molecule has 1 N–H and O–H groups in total. The molecule has 5 aromatic rings. The number of anilines is 2. The molecule has 5 heteroatoms. The quantitative estimate of drug-likeness (QED) is 0.303. The average Bonchev–Trinajstić information content (AvgIpc) is 3.10. The topological polar surface area (TPSA) is 55.4 Å². The Hall–Kier alpha value is -3.31. The third-order valence-electron chi connectivity index (χ3n) is 4.97. The summed E-state index contributed by atoms with van der Waals surface area (Å²) >= 11 is 3.47. The molecular weight excluding hydrogens is 430 g/mol. The van der Waals surface area contributed by atoms with Gasteiger partial charge in [-0.3, -0.25) is 0 Å². The van der Waals surface area contributed by atoms with Crippen LogP contribution in [0.5, 0.6) is 0 Å². The smallest absolute Gasteiger partial charge is 0.348 e. The molecule has 0 bridgehead atoms. The van der Waals surface area contributed by atoms with Crippen molar-refractivity contribution in [2.75, 3.05) is 5.32 Å². The first kappa shape index (κ1) is 17.8. The lowest BCUT2D eigenvalue weighted by molar-refractivity contribution is 0.566. The maximum Gasteiger partial charge on any atom is 0.348 e. The summed E-state index contributed by atoms with van der Waals surface area (Å²) in [7, 11) is 0. The Morgan fingerprint density at radius 3 is 2.38 bits per heavy atom. The number of nitrogens with one attached hydrogen (secondary N) is 1. The van der Waals surface area contributed by atoms with Gasteiger partial charge in [0.25, 0.3) is 0 Å². The van der Waals surface area contributed by atoms with Crippen LogP contribution in [0.3, 0.4) is 0 Å². The van der Waals surface area contributed by atoms with Crippen LogP contribution in [-0.2, 0) is 0 Å². The molecule has 142 valence electrons. The van der Waals surface area contributed by atoms with Gasteiger partial charge in [-0.15, -0.1) is 0 Å². The van der Waals surface area contributed by atoms with Gasteiger partial charge >= 0.3 is 5.63 Å². The molecule has 0 radical (unpaired) electrons. The lowest BCUT2D eigenvalue weighted by Gasteiger charge is -2.09. The van der Waals surface area contributed by atoms with E-state index >= 15 is 0 Å². The molecule has 2 aromatic heterocycles. The van der Waals surface area contributed by atoms with Crippen LogP contribution in [0.25, 0.3) is 33.1 Å². The van der Waals surface area contributed by atoms with Gasteiger partial charge in [-0.05, 0) is 48.4 Å². The Morgan fingerprint density at radius 1 is 0.862 bits per heavy atom. The highest BCUT2D eigenvalue weighted by molar-refractivity contribution is 9.10. The van der Waals surface area contributed by atoms with Gasteiger partial charge in [-0.25, -0.2) is 4.79 Å². The number of hydrogen-bond acceptors (Lipinski definition) is 4. The summed E-state index contributed by atoms with van der Waals surface area (Å²) in [5.74, 6) is 0.514. The van der Waals surface area contributed by atoms with E-state index < -0.39 is 5.63 Å². The van der Waals surface area contributed by atoms with E-state index in [0.29, 0.717) is 28.0 Å². The number of halogens is 1. The molecule has 0 saturated carbocycles. The van der Waals surface area contributed by atoms with Crippen molar-refractivity contribution in [2.45, 2.75) is 6.92 Å². The monoisotopic (exact) mass is 445 g/mol. The average molecular weight is 446 g/mol. The minimum Gasteiger partial charge on any atom is -0.439 e.